The van der Waals surface area contributed by atoms with Crippen LogP contribution in [0.4, 0.5) is 0 Å². The minimum absolute atomic E-state index is 0. The zero-order chi connectivity index (χ0) is 17.2. The molecule has 0 aliphatic rings. The Kier molecular flexibility index (Phi) is 21.9. The third kappa shape index (κ3) is 20.4. The summed E-state index contributed by atoms with van der Waals surface area (Å²) < 4.78 is 1.15. The molecular formula is C21H47BrN2. The molecule has 0 aliphatic carbocycles. The molecule has 0 aliphatic heterocycles. The van der Waals surface area contributed by atoms with Gasteiger partial charge in [-0.1, -0.05) is 84.0 Å². The molecule has 0 saturated carbocycles. The Hall–Kier alpha value is 0.400. The van der Waals surface area contributed by atoms with Gasteiger partial charge in [0.15, 0.2) is 0 Å². The molecule has 0 amide bonds. The van der Waals surface area contributed by atoms with Crippen LogP contribution in [-0.2, 0) is 0 Å². The number of nitrogens with two attached hydrogens (primary N) is 1. The van der Waals surface area contributed by atoms with E-state index in [9.17, 15) is 0 Å². The van der Waals surface area contributed by atoms with Crippen molar-refractivity contribution >= 4 is 0 Å². The first-order valence-electron chi connectivity index (χ1n) is 10.6. The van der Waals surface area contributed by atoms with Gasteiger partial charge >= 0.3 is 0 Å². The second-order valence-electron chi connectivity index (χ2n) is 8.12. The van der Waals surface area contributed by atoms with Crippen molar-refractivity contribution in [3.8, 4) is 0 Å². The lowest BCUT2D eigenvalue weighted by Crippen LogP contribution is -3.00. The zero-order valence-corrected chi connectivity index (χ0v) is 18.7. The monoisotopic (exact) mass is 406 g/mol. The maximum atomic E-state index is 5.61. The molecule has 0 atom stereocenters. The number of hydrogen-bond acceptors (Lipinski definition) is 1. The third-order valence-corrected chi connectivity index (χ3v) is 5.08. The molecule has 0 radical (unpaired) electrons. The highest BCUT2D eigenvalue weighted by molar-refractivity contribution is 4.49. The Morgan fingerprint density at radius 3 is 1.25 bits per heavy atom. The van der Waals surface area contributed by atoms with Gasteiger partial charge in [-0.2, -0.15) is 0 Å². The quantitative estimate of drug-likeness (QED) is 0.274. The summed E-state index contributed by atoms with van der Waals surface area (Å²) >= 11 is 0. The largest absolute Gasteiger partial charge is 1.00 e. The van der Waals surface area contributed by atoms with Crippen LogP contribution >= 0.6 is 0 Å². The lowest BCUT2D eigenvalue weighted by atomic mass is 10.0. The maximum absolute atomic E-state index is 5.61. The molecule has 0 rings (SSSR count). The number of hydrogen-bond donors (Lipinski definition) is 1. The Bertz CT molecular complexity index is 232. The van der Waals surface area contributed by atoms with E-state index in [1.165, 1.54) is 103 Å². The molecule has 0 aromatic carbocycles. The lowest BCUT2D eigenvalue weighted by molar-refractivity contribution is -0.890. The van der Waals surface area contributed by atoms with Crippen LogP contribution in [-0.4, -0.2) is 38.2 Å². The summed E-state index contributed by atoms with van der Waals surface area (Å²) in [4.78, 5) is 0. The van der Waals surface area contributed by atoms with E-state index >= 15 is 0 Å². The number of rotatable bonds is 18. The first kappa shape index (κ1) is 26.6. The van der Waals surface area contributed by atoms with Gasteiger partial charge in [-0.15, -0.1) is 0 Å². The van der Waals surface area contributed by atoms with E-state index in [0.29, 0.717) is 0 Å². The molecule has 0 fully saturated rings. The first-order chi connectivity index (χ1) is 11.1. The molecule has 148 valence electrons. The van der Waals surface area contributed by atoms with Crippen molar-refractivity contribution in [3.63, 3.8) is 0 Å². The fraction of sp³-hybridized carbons (Fsp3) is 1.00. The fourth-order valence-corrected chi connectivity index (χ4v) is 3.37. The Balaban J connectivity index is 0. The van der Waals surface area contributed by atoms with Crippen LogP contribution < -0.4 is 22.7 Å². The summed E-state index contributed by atoms with van der Waals surface area (Å²) in [6, 6.07) is 0. The maximum Gasteiger partial charge on any atom is 0.0794 e. The highest BCUT2D eigenvalue weighted by Gasteiger charge is 2.12. The summed E-state index contributed by atoms with van der Waals surface area (Å²) in [5, 5.41) is 0. The highest BCUT2D eigenvalue weighted by atomic mass is 79.9. The second-order valence-corrected chi connectivity index (χ2v) is 8.12. The SMILES string of the molecule is CCCCCCCCCCCCCCCC[N+](C)(C)CCCN.[Br-]. The van der Waals surface area contributed by atoms with Crippen LogP contribution in [0.1, 0.15) is 103 Å². The van der Waals surface area contributed by atoms with Gasteiger partial charge in [-0.25, -0.2) is 0 Å². The lowest BCUT2D eigenvalue weighted by Gasteiger charge is -2.29. The Morgan fingerprint density at radius 1 is 0.542 bits per heavy atom. The third-order valence-electron chi connectivity index (χ3n) is 5.08. The molecule has 0 heterocycles. The van der Waals surface area contributed by atoms with Crippen LogP contribution in [0.5, 0.6) is 0 Å². The predicted octanol–water partition coefficient (Wildman–Crippen LogP) is 2.90. The molecule has 0 unspecified atom stereocenters. The van der Waals surface area contributed by atoms with Crippen LogP contribution in [0.3, 0.4) is 0 Å². The normalized spacial score (nSPS) is 11.5. The van der Waals surface area contributed by atoms with E-state index in [-0.39, 0.29) is 17.0 Å². The van der Waals surface area contributed by atoms with Crippen LogP contribution in [0, 0.1) is 0 Å². The summed E-state index contributed by atoms with van der Waals surface area (Å²) in [5.74, 6) is 0. The number of nitrogens with zero attached hydrogens (tertiary/aromatic N) is 1. The Labute approximate surface area is 164 Å². The van der Waals surface area contributed by atoms with Gasteiger partial charge in [-0.05, 0) is 19.4 Å². The van der Waals surface area contributed by atoms with Crippen molar-refractivity contribution in [1.29, 1.82) is 0 Å². The number of unbranched alkanes of at least 4 members (excludes halogenated alkanes) is 13. The van der Waals surface area contributed by atoms with Crippen molar-refractivity contribution in [1.82, 2.24) is 0 Å². The number of halogens is 1. The van der Waals surface area contributed by atoms with Crippen LogP contribution in [0.15, 0.2) is 0 Å². The van der Waals surface area contributed by atoms with E-state index in [4.69, 9.17) is 5.73 Å². The van der Waals surface area contributed by atoms with Crippen LogP contribution in [0.25, 0.3) is 0 Å². The molecule has 0 aromatic rings. The van der Waals surface area contributed by atoms with Gasteiger partial charge in [0.2, 0.25) is 0 Å². The van der Waals surface area contributed by atoms with Crippen molar-refractivity contribution < 1.29 is 21.5 Å². The molecule has 2 N–H and O–H groups in total. The van der Waals surface area contributed by atoms with Crippen molar-refractivity contribution in [2.75, 3.05) is 33.7 Å². The van der Waals surface area contributed by atoms with E-state index in [2.05, 4.69) is 21.0 Å². The van der Waals surface area contributed by atoms with Gasteiger partial charge in [0.25, 0.3) is 0 Å². The van der Waals surface area contributed by atoms with E-state index in [1.807, 2.05) is 0 Å². The molecule has 24 heavy (non-hydrogen) atoms. The standard InChI is InChI=1S/C21H47N2.BrH/c1-4-5-6-7-8-9-10-11-12-13-14-15-16-17-20-23(2,3)21-18-19-22;/h4-22H2,1-3H3;1H/q+1;/p-1. The highest BCUT2D eigenvalue weighted by Crippen LogP contribution is 2.13. The van der Waals surface area contributed by atoms with Crippen molar-refractivity contribution in [2.45, 2.75) is 103 Å². The first-order valence-corrected chi connectivity index (χ1v) is 10.6. The zero-order valence-electron chi connectivity index (χ0n) is 17.1. The average Bonchev–Trinajstić information content (AvgIpc) is 2.53. The second kappa shape index (κ2) is 19.7. The van der Waals surface area contributed by atoms with E-state index < -0.39 is 0 Å². The minimum atomic E-state index is 0. The topological polar surface area (TPSA) is 26.0 Å². The number of quaternary nitrogens is 1. The molecule has 0 aromatic heterocycles. The van der Waals surface area contributed by atoms with Crippen molar-refractivity contribution in [2.24, 2.45) is 5.73 Å². The van der Waals surface area contributed by atoms with Gasteiger partial charge in [0.1, 0.15) is 0 Å². The molecule has 0 bridgehead atoms. The van der Waals surface area contributed by atoms with Crippen molar-refractivity contribution in [3.05, 3.63) is 0 Å². The smallest absolute Gasteiger partial charge is 0.0794 e. The predicted molar refractivity (Wildman–Crippen MR) is 106 cm³/mol. The van der Waals surface area contributed by atoms with Gasteiger partial charge < -0.3 is 27.2 Å². The minimum Gasteiger partial charge on any atom is -1.00 e. The summed E-state index contributed by atoms with van der Waals surface area (Å²) in [7, 11) is 4.69. The Morgan fingerprint density at radius 2 is 0.875 bits per heavy atom. The molecule has 0 spiro atoms. The summed E-state index contributed by atoms with van der Waals surface area (Å²) in [6.45, 7) is 5.68. The fourth-order valence-electron chi connectivity index (χ4n) is 3.37. The molecular weight excluding hydrogens is 360 g/mol. The summed E-state index contributed by atoms with van der Waals surface area (Å²) in [6.07, 6.45) is 21.4. The summed E-state index contributed by atoms with van der Waals surface area (Å²) in [5.41, 5.74) is 5.61. The molecule has 2 nitrogen and oxygen atoms in total. The molecule has 0 saturated heterocycles. The van der Waals surface area contributed by atoms with Gasteiger partial charge in [0, 0.05) is 6.42 Å². The van der Waals surface area contributed by atoms with Gasteiger partial charge in [0.05, 0.1) is 27.2 Å². The van der Waals surface area contributed by atoms with Crippen LogP contribution in [0.2, 0.25) is 0 Å². The molecule has 3 heteroatoms. The van der Waals surface area contributed by atoms with Gasteiger partial charge in [-0.3, -0.25) is 0 Å². The average molecular weight is 408 g/mol. The van der Waals surface area contributed by atoms with E-state index in [1.54, 1.807) is 0 Å². The van der Waals surface area contributed by atoms with E-state index in [0.717, 1.165) is 17.4 Å².